The Bertz CT molecular complexity index is 410. The second-order valence-electron chi connectivity index (χ2n) is 4.35. The molecule has 2 rings (SSSR count). The third-order valence-corrected chi connectivity index (χ3v) is 3.19. The maximum Gasteiger partial charge on any atom is 0.223 e. The lowest BCUT2D eigenvalue weighted by Crippen LogP contribution is -2.27. The quantitative estimate of drug-likeness (QED) is 0.655. The summed E-state index contributed by atoms with van der Waals surface area (Å²) in [5.74, 6) is 0.540. The van der Waals surface area contributed by atoms with Gasteiger partial charge in [0.15, 0.2) is 0 Å². The second-order valence-corrected chi connectivity index (χ2v) is 5.08. The van der Waals surface area contributed by atoms with E-state index in [1.165, 1.54) is 12.1 Å². The van der Waals surface area contributed by atoms with E-state index in [4.69, 9.17) is 4.74 Å². The molecule has 0 aliphatic carbocycles. The third kappa shape index (κ3) is 3.63. The molecule has 1 aromatic rings. The highest BCUT2D eigenvalue weighted by Gasteiger charge is 2.26. The number of amides is 1. The van der Waals surface area contributed by atoms with Crippen molar-refractivity contribution in [1.29, 1.82) is 0 Å². The number of likely N-dealkylation sites (tertiary alicyclic amines) is 1. The molecule has 0 saturated carbocycles. The van der Waals surface area contributed by atoms with Crippen molar-refractivity contribution < 1.29 is 13.9 Å². The van der Waals surface area contributed by atoms with Crippen LogP contribution in [0.5, 0.6) is 5.75 Å². The lowest BCUT2D eigenvalue weighted by Gasteiger charge is -2.15. The van der Waals surface area contributed by atoms with Crippen molar-refractivity contribution in [3.8, 4) is 5.75 Å². The summed E-state index contributed by atoms with van der Waals surface area (Å²) in [5.41, 5.74) is 0. The summed E-state index contributed by atoms with van der Waals surface area (Å²) in [7, 11) is 0. The van der Waals surface area contributed by atoms with Gasteiger partial charge >= 0.3 is 0 Å². The predicted molar refractivity (Wildman–Crippen MR) is 70.5 cm³/mol. The maximum absolute atomic E-state index is 12.7. The fourth-order valence-electron chi connectivity index (χ4n) is 1.94. The number of hydrogen-bond acceptors (Lipinski definition) is 3. The van der Waals surface area contributed by atoms with Crippen molar-refractivity contribution >= 4 is 18.5 Å². The molecule has 1 heterocycles. The molecule has 0 radical (unpaired) electrons. The Hall–Kier alpha value is -1.23. The summed E-state index contributed by atoms with van der Waals surface area (Å²) >= 11 is 4.29. The number of benzene rings is 1. The molecule has 1 saturated heterocycles. The number of carbonyl (C=O) groups excluding carboxylic acids is 1. The number of halogens is 1. The summed E-state index contributed by atoms with van der Waals surface area (Å²) in [5, 5.41) is 0.163. The summed E-state index contributed by atoms with van der Waals surface area (Å²) in [6, 6.07) is 5.93. The molecule has 98 valence electrons. The number of carbonyl (C=O) groups is 1. The number of ether oxygens (including phenoxy) is 1. The van der Waals surface area contributed by atoms with Gasteiger partial charge < -0.3 is 9.64 Å². The Balaban J connectivity index is 1.67. The van der Waals surface area contributed by atoms with Gasteiger partial charge in [-0.2, -0.15) is 12.6 Å². The number of thiol groups is 1. The van der Waals surface area contributed by atoms with E-state index >= 15 is 0 Å². The van der Waals surface area contributed by atoms with E-state index in [0.717, 1.165) is 13.0 Å². The van der Waals surface area contributed by atoms with E-state index in [1.807, 2.05) is 4.90 Å². The molecule has 0 N–H and O–H groups in total. The summed E-state index contributed by atoms with van der Waals surface area (Å²) in [4.78, 5) is 13.3. The Labute approximate surface area is 111 Å². The molecular weight excluding hydrogens is 253 g/mol. The normalized spacial score (nSPS) is 19.3. The third-order valence-electron chi connectivity index (χ3n) is 2.85. The molecule has 1 aliphatic heterocycles. The van der Waals surface area contributed by atoms with Crippen molar-refractivity contribution in [1.82, 2.24) is 4.90 Å². The summed E-state index contributed by atoms with van der Waals surface area (Å²) < 4.78 is 18.1. The molecular formula is C13H16FNO2S. The minimum Gasteiger partial charge on any atom is -0.494 e. The van der Waals surface area contributed by atoms with Crippen LogP contribution in [0.3, 0.4) is 0 Å². The highest BCUT2D eigenvalue weighted by molar-refractivity contribution is 7.81. The summed E-state index contributed by atoms with van der Waals surface area (Å²) in [6.07, 6.45) is 1.30. The van der Waals surface area contributed by atoms with Gasteiger partial charge in [0, 0.05) is 24.8 Å². The van der Waals surface area contributed by atoms with Crippen LogP contribution in [0.4, 0.5) is 4.39 Å². The van der Waals surface area contributed by atoms with Gasteiger partial charge in [-0.3, -0.25) is 4.79 Å². The molecule has 1 aliphatic rings. The average Bonchev–Trinajstić information content (AvgIpc) is 2.66. The highest BCUT2D eigenvalue weighted by atomic mass is 32.1. The van der Waals surface area contributed by atoms with E-state index in [1.54, 1.807) is 12.1 Å². The van der Waals surface area contributed by atoms with E-state index in [-0.39, 0.29) is 17.0 Å². The van der Waals surface area contributed by atoms with Crippen molar-refractivity contribution in [2.45, 2.75) is 18.1 Å². The van der Waals surface area contributed by atoms with Gasteiger partial charge in [0.2, 0.25) is 5.91 Å². The number of nitrogens with zero attached hydrogens (tertiary/aromatic N) is 1. The molecule has 1 atom stereocenters. The predicted octanol–water partition coefficient (Wildman–Crippen LogP) is 2.13. The van der Waals surface area contributed by atoms with E-state index in [0.29, 0.717) is 25.3 Å². The molecule has 3 nitrogen and oxygen atoms in total. The summed E-state index contributed by atoms with van der Waals surface area (Å²) in [6.45, 7) is 1.93. The monoisotopic (exact) mass is 269 g/mol. The first-order valence-electron chi connectivity index (χ1n) is 5.99. The Morgan fingerprint density at radius 3 is 2.72 bits per heavy atom. The first-order valence-corrected chi connectivity index (χ1v) is 6.51. The minimum absolute atomic E-state index is 0.163. The molecule has 1 amide bonds. The van der Waals surface area contributed by atoms with E-state index in [2.05, 4.69) is 12.6 Å². The number of hydrogen-bond donors (Lipinski definition) is 1. The Morgan fingerprint density at radius 1 is 1.39 bits per heavy atom. The van der Waals surface area contributed by atoms with E-state index in [9.17, 15) is 9.18 Å². The molecule has 0 bridgehead atoms. The van der Waals surface area contributed by atoms with Crippen LogP contribution in [0, 0.1) is 5.82 Å². The highest BCUT2D eigenvalue weighted by Crippen LogP contribution is 2.16. The first-order chi connectivity index (χ1) is 8.65. The van der Waals surface area contributed by atoms with Crippen LogP contribution >= 0.6 is 12.6 Å². The van der Waals surface area contributed by atoms with Gasteiger partial charge in [0.25, 0.3) is 0 Å². The fourth-order valence-corrected chi connectivity index (χ4v) is 2.30. The van der Waals surface area contributed by atoms with Crippen LogP contribution in [-0.4, -0.2) is 35.8 Å². The SMILES string of the molecule is O=C1CC(S)CN1CCCOc1ccc(F)cc1. The Kier molecular flexibility index (Phi) is 4.47. The van der Waals surface area contributed by atoms with Crippen molar-refractivity contribution in [2.24, 2.45) is 0 Å². The molecule has 1 unspecified atom stereocenters. The molecule has 5 heteroatoms. The van der Waals surface area contributed by atoms with Crippen LogP contribution in [0.15, 0.2) is 24.3 Å². The average molecular weight is 269 g/mol. The minimum atomic E-state index is -0.273. The lowest BCUT2D eigenvalue weighted by atomic mass is 10.3. The number of rotatable bonds is 5. The van der Waals surface area contributed by atoms with Crippen LogP contribution in [0.1, 0.15) is 12.8 Å². The fraction of sp³-hybridized carbons (Fsp3) is 0.462. The molecule has 0 spiro atoms. The molecule has 1 fully saturated rings. The standard InChI is InChI=1S/C13H16FNO2S/c14-10-2-4-11(5-3-10)17-7-1-6-15-9-12(18)8-13(15)16/h2-5,12,18H,1,6-9H2. The topological polar surface area (TPSA) is 29.5 Å². The van der Waals surface area contributed by atoms with Crippen LogP contribution in [0.25, 0.3) is 0 Å². The largest absolute Gasteiger partial charge is 0.494 e. The van der Waals surface area contributed by atoms with Crippen LogP contribution < -0.4 is 4.74 Å². The van der Waals surface area contributed by atoms with Gasteiger partial charge in [-0.15, -0.1) is 0 Å². The smallest absolute Gasteiger partial charge is 0.223 e. The lowest BCUT2D eigenvalue weighted by molar-refractivity contribution is -0.127. The van der Waals surface area contributed by atoms with E-state index < -0.39 is 0 Å². The molecule has 18 heavy (non-hydrogen) atoms. The zero-order chi connectivity index (χ0) is 13.0. The maximum atomic E-state index is 12.7. The van der Waals surface area contributed by atoms with Crippen molar-refractivity contribution in [2.75, 3.05) is 19.7 Å². The van der Waals surface area contributed by atoms with Gasteiger partial charge in [-0.05, 0) is 30.7 Å². The van der Waals surface area contributed by atoms with Gasteiger partial charge in [0.05, 0.1) is 6.61 Å². The van der Waals surface area contributed by atoms with Crippen LogP contribution in [0.2, 0.25) is 0 Å². The van der Waals surface area contributed by atoms with Crippen LogP contribution in [-0.2, 0) is 4.79 Å². The first kappa shape index (κ1) is 13.2. The van der Waals surface area contributed by atoms with Crippen molar-refractivity contribution in [3.63, 3.8) is 0 Å². The van der Waals surface area contributed by atoms with Gasteiger partial charge in [-0.25, -0.2) is 4.39 Å². The van der Waals surface area contributed by atoms with Gasteiger partial charge in [0.1, 0.15) is 11.6 Å². The molecule has 1 aromatic carbocycles. The Morgan fingerprint density at radius 2 is 2.11 bits per heavy atom. The van der Waals surface area contributed by atoms with Gasteiger partial charge in [-0.1, -0.05) is 0 Å². The molecule has 0 aromatic heterocycles. The zero-order valence-corrected chi connectivity index (χ0v) is 10.9. The second kappa shape index (κ2) is 6.09. The van der Waals surface area contributed by atoms with Crippen molar-refractivity contribution in [3.05, 3.63) is 30.1 Å². The zero-order valence-electron chi connectivity index (χ0n) is 10.0.